The Morgan fingerprint density at radius 3 is 2.62 bits per heavy atom. The maximum Gasteiger partial charge on any atom is 0.257 e. The summed E-state index contributed by atoms with van der Waals surface area (Å²) < 4.78 is 26.7. The third-order valence-electron chi connectivity index (χ3n) is 5.84. The van der Waals surface area contributed by atoms with E-state index in [1.165, 1.54) is 6.08 Å². The topological polar surface area (TPSA) is 109 Å². The molecule has 2 atom stereocenters. The molecule has 1 aliphatic heterocycles. The lowest BCUT2D eigenvalue weighted by Crippen LogP contribution is -2.16. The summed E-state index contributed by atoms with van der Waals surface area (Å²) in [7, 11) is -1.53. The smallest absolute Gasteiger partial charge is 0.257 e. The molecule has 1 heterocycles. The van der Waals surface area contributed by atoms with E-state index in [4.69, 9.17) is 14.7 Å². The quantitative estimate of drug-likeness (QED) is 0.560. The van der Waals surface area contributed by atoms with Crippen LogP contribution in [0.1, 0.15) is 40.3 Å². The number of nitrogens with zero attached hydrogens (tertiary/aromatic N) is 1. The number of nitrogens with one attached hydrogen (secondary N) is 1. The predicted octanol–water partition coefficient (Wildman–Crippen LogP) is 4.04. The highest BCUT2D eigenvalue weighted by Crippen LogP contribution is 2.41. The average molecular weight is 473 g/mol. The molecule has 0 saturated carbocycles. The summed E-state index contributed by atoms with van der Waals surface area (Å²) in [5.74, 6) is 1.60. The standard InChI is InChI=1S/C26H20N2O5S/c27-14-17-6-9-20(12-18(17)15-29)33-23-3-1-2-21-22(23)10-11-24(21)32-19-7-4-16(5-8-19)25-13-26(30)28-34(25)31/h1-9,12-13,24,29H,10-11,15H2,(H,28,30)/t24-,34?/m1/s1. The zero-order valence-electron chi connectivity index (χ0n) is 18.0. The normalized spacial score (nSPS) is 18.6. The maximum atomic E-state index is 12.0. The van der Waals surface area contributed by atoms with Gasteiger partial charge in [-0.05, 0) is 65.9 Å². The van der Waals surface area contributed by atoms with Gasteiger partial charge in [0.25, 0.3) is 5.91 Å². The Kier molecular flexibility index (Phi) is 5.88. The number of benzene rings is 3. The first-order chi connectivity index (χ1) is 16.6. The molecule has 3 aromatic rings. The first-order valence-corrected chi connectivity index (χ1v) is 11.9. The van der Waals surface area contributed by atoms with Crippen molar-refractivity contribution in [2.24, 2.45) is 0 Å². The van der Waals surface area contributed by atoms with Crippen LogP contribution in [-0.4, -0.2) is 15.2 Å². The summed E-state index contributed by atoms with van der Waals surface area (Å²) in [5, 5.41) is 18.7. The molecule has 0 fully saturated rings. The SMILES string of the molecule is N#Cc1ccc(Oc2cccc3c2CC[C@H]3Oc2ccc(C3=CC(=O)NS3=O)cc2)cc1CO. The highest BCUT2D eigenvalue weighted by molar-refractivity contribution is 7.93. The number of amides is 1. The van der Waals surface area contributed by atoms with Crippen molar-refractivity contribution in [3.8, 4) is 23.3 Å². The number of aliphatic hydroxyl groups excluding tert-OH is 1. The summed E-state index contributed by atoms with van der Waals surface area (Å²) in [4.78, 5) is 11.9. The first kappa shape index (κ1) is 21.9. The molecule has 2 N–H and O–H groups in total. The number of carbonyl (C=O) groups excluding carboxylic acids is 1. The molecule has 0 saturated heterocycles. The second-order valence-corrected chi connectivity index (χ2v) is 9.11. The molecule has 0 bridgehead atoms. The molecule has 1 aliphatic carbocycles. The van der Waals surface area contributed by atoms with Crippen LogP contribution in [0, 0.1) is 11.3 Å². The Morgan fingerprint density at radius 1 is 1.12 bits per heavy atom. The van der Waals surface area contributed by atoms with Crippen molar-refractivity contribution in [2.75, 3.05) is 0 Å². The van der Waals surface area contributed by atoms with E-state index < -0.39 is 11.0 Å². The molecular weight excluding hydrogens is 452 g/mol. The van der Waals surface area contributed by atoms with Gasteiger partial charge in [-0.2, -0.15) is 5.26 Å². The Hall–Kier alpha value is -3.93. The molecule has 2 aliphatic rings. The van der Waals surface area contributed by atoms with Crippen LogP contribution in [0.2, 0.25) is 0 Å². The number of carbonyl (C=O) groups is 1. The molecule has 5 rings (SSSR count). The van der Waals surface area contributed by atoms with Crippen molar-refractivity contribution in [3.05, 3.63) is 94.6 Å². The van der Waals surface area contributed by atoms with Gasteiger partial charge in [0.05, 0.1) is 23.1 Å². The molecule has 34 heavy (non-hydrogen) atoms. The van der Waals surface area contributed by atoms with E-state index in [0.717, 1.165) is 29.7 Å². The number of hydrogen-bond acceptors (Lipinski definition) is 6. The summed E-state index contributed by atoms with van der Waals surface area (Å²) in [5.41, 5.74) is 3.76. The van der Waals surface area contributed by atoms with Crippen LogP contribution in [0.25, 0.3) is 4.91 Å². The van der Waals surface area contributed by atoms with Gasteiger partial charge in [-0.15, -0.1) is 0 Å². The number of ether oxygens (including phenoxy) is 2. The van der Waals surface area contributed by atoms with Gasteiger partial charge in [0.2, 0.25) is 0 Å². The molecule has 8 heteroatoms. The zero-order valence-corrected chi connectivity index (χ0v) is 18.8. The Morgan fingerprint density at radius 2 is 1.91 bits per heavy atom. The summed E-state index contributed by atoms with van der Waals surface area (Å²) in [6.45, 7) is -0.234. The fraction of sp³-hybridized carbons (Fsp3) is 0.154. The average Bonchev–Trinajstić information content (AvgIpc) is 3.42. The molecule has 0 spiro atoms. The van der Waals surface area contributed by atoms with Crippen molar-refractivity contribution in [3.63, 3.8) is 0 Å². The Bertz CT molecular complexity index is 1370. The largest absolute Gasteiger partial charge is 0.486 e. The molecule has 0 radical (unpaired) electrons. The van der Waals surface area contributed by atoms with Gasteiger partial charge in [-0.3, -0.25) is 9.52 Å². The molecule has 3 aromatic carbocycles. The van der Waals surface area contributed by atoms with E-state index in [9.17, 15) is 14.1 Å². The fourth-order valence-electron chi connectivity index (χ4n) is 4.20. The van der Waals surface area contributed by atoms with Gasteiger partial charge in [0, 0.05) is 11.6 Å². The highest BCUT2D eigenvalue weighted by atomic mass is 32.2. The molecule has 0 aromatic heterocycles. The van der Waals surface area contributed by atoms with Crippen LogP contribution < -0.4 is 14.2 Å². The maximum absolute atomic E-state index is 12.0. The lowest BCUT2D eigenvalue weighted by molar-refractivity contribution is -0.114. The van der Waals surface area contributed by atoms with E-state index in [2.05, 4.69) is 10.8 Å². The minimum atomic E-state index is -1.53. The summed E-state index contributed by atoms with van der Waals surface area (Å²) in [6.07, 6.45) is 2.79. The highest BCUT2D eigenvalue weighted by Gasteiger charge is 2.27. The van der Waals surface area contributed by atoms with E-state index in [1.807, 2.05) is 30.3 Å². The minimum Gasteiger partial charge on any atom is -0.486 e. The second-order valence-electron chi connectivity index (χ2n) is 7.93. The molecule has 170 valence electrons. The first-order valence-electron chi connectivity index (χ1n) is 10.7. The Labute approximate surface area is 198 Å². The third-order valence-corrected chi connectivity index (χ3v) is 6.98. The van der Waals surface area contributed by atoms with Gasteiger partial charge in [0.1, 0.15) is 23.4 Å². The molecular formula is C26H20N2O5S. The van der Waals surface area contributed by atoms with E-state index in [-0.39, 0.29) is 18.6 Å². The lowest BCUT2D eigenvalue weighted by atomic mass is 10.1. The number of fused-ring (bicyclic) bond motifs is 1. The molecule has 1 unspecified atom stereocenters. The van der Waals surface area contributed by atoms with Crippen molar-refractivity contribution in [1.29, 1.82) is 5.26 Å². The van der Waals surface area contributed by atoms with Crippen LogP contribution in [0.5, 0.6) is 17.2 Å². The molecule has 7 nitrogen and oxygen atoms in total. The van der Waals surface area contributed by atoms with Crippen LogP contribution in [-0.2, 0) is 28.8 Å². The fourth-order valence-corrected chi connectivity index (χ4v) is 5.12. The van der Waals surface area contributed by atoms with Crippen molar-refractivity contribution < 1.29 is 23.6 Å². The lowest BCUT2D eigenvalue weighted by Gasteiger charge is -2.16. The van der Waals surface area contributed by atoms with Crippen molar-refractivity contribution in [2.45, 2.75) is 25.6 Å². The Balaban J connectivity index is 1.33. The van der Waals surface area contributed by atoms with Crippen LogP contribution in [0.4, 0.5) is 0 Å². The third kappa shape index (κ3) is 4.19. The van der Waals surface area contributed by atoms with Crippen LogP contribution >= 0.6 is 0 Å². The zero-order chi connectivity index (χ0) is 23.7. The van der Waals surface area contributed by atoms with Gasteiger partial charge < -0.3 is 14.6 Å². The van der Waals surface area contributed by atoms with E-state index in [1.54, 1.807) is 30.3 Å². The predicted molar refractivity (Wildman–Crippen MR) is 126 cm³/mol. The van der Waals surface area contributed by atoms with E-state index in [0.29, 0.717) is 33.1 Å². The van der Waals surface area contributed by atoms with E-state index >= 15 is 0 Å². The minimum absolute atomic E-state index is 0.138. The van der Waals surface area contributed by atoms with Gasteiger partial charge in [-0.25, -0.2) is 4.21 Å². The van der Waals surface area contributed by atoms with Gasteiger partial charge in [0.15, 0.2) is 11.0 Å². The number of hydrogen-bond donors (Lipinski definition) is 2. The second kappa shape index (κ2) is 9.14. The van der Waals surface area contributed by atoms with Crippen molar-refractivity contribution in [1.82, 2.24) is 4.72 Å². The van der Waals surface area contributed by atoms with Crippen LogP contribution in [0.3, 0.4) is 0 Å². The number of rotatable bonds is 6. The molecule has 1 amide bonds. The van der Waals surface area contributed by atoms with Crippen LogP contribution in [0.15, 0.2) is 66.7 Å². The van der Waals surface area contributed by atoms with Crippen molar-refractivity contribution >= 4 is 21.8 Å². The number of aliphatic hydroxyl groups is 1. The number of nitriles is 1. The summed E-state index contributed by atoms with van der Waals surface area (Å²) in [6, 6.07) is 20.1. The van der Waals surface area contributed by atoms with Gasteiger partial charge >= 0.3 is 0 Å². The van der Waals surface area contributed by atoms with Gasteiger partial charge in [-0.1, -0.05) is 24.3 Å². The summed E-state index contributed by atoms with van der Waals surface area (Å²) >= 11 is 0. The monoisotopic (exact) mass is 472 g/mol.